The molecule has 2 aromatic rings. The van der Waals surface area contributed by atoms with Gasteiger partial charge in [0.1, 0.15) is 12.6 Å². The summed E-state index contributed by atoms with van der Waals surface area (Å²) in [4.78, 5) is 27.3. The van der Waals surface area contributed by atoms with Gasteiger partial charge in [-0.2, -0.15) is 0 Å². The highest BCUT2D eigenvalue weighted by molar-refractivity contribution is 5.86. The van der Waals surface area contributed by atoms with Crippen molar-refractivity contribution >= 4 is 12.0 Å². The van der Waals surface area contributed by atoms with Crippen LogP contribution in [0.2, 0.25) is 0 Å². The van der Waals surface area contributed by atoms with E-state index in [9.17, 15) is 9.59 Å². The van der Waals surface area contributed by atoms with Crippen LogP contribution in [0.4, 0.5) is 4.79 Å². The minimum Gasteiger partial charge on any atom is -0.445 e. The van der Waals surface area contributed by atoms with Gasteiger partial charge in [-0.25, -0.2) is 4.79 Å². The third-order valence-corrected chi connectivity index (χ3v) is 5.41. The second kappa shape index (κ2) is 9.40. The smallest absolute Gasteiger partial charge is 0.408 e. The summed E-state index contributed by atoms with van der Waals surface area (Å²) in [6.07, 6.45) is 1.08. The summed E-state index contributed by atoms with van der Waals surface area (Å²) in [5.74, 6) is -0.0190. The van der Waals surface area contributed by atoms with Gasteiger partial charge in [-0.1, -0.05) is 74.9 Å². The first kappa shape index (κ1) is 19.9. The van der Waals surface area contributed by atoms with Gasteiger partial charge in [0.2, 0.25) is 5.91 Å². The van der Waals surface area contributed by atoms with E-state index in [1.807, 2.05) is 61.2 Å². The molecule has 2 aromatic carbocycles. The number of carbonyl (C=O) groups is 2. The lowest BCUT2D eigenvalue weighted by Crippen LogP contribution is -2.52. The Hall–Kier alpha value is -2.82. The highest BCUT2D eigenvalue weighted by atomic mass is 16.5. The third-order valence-electron chi connectivity index (χ3n) is 5.41. The van der Waals surface area contributed by atoms with E-state index in [-0.39, 0.29) is 18.4 Å². The van der Waals surface area contributed by atoms with Crippen molar-refractivity contribution in [2.75, 3.05) is 6.54 Å². The van der Waals surface area contributed by atoms with Gasteiger partial charge in [0.15, 0.2) is 0 Å². The molecule has 0 radical (unpaired) electrons. The fourth-order valence-electron chi connectivity index (χ4n) is 3.46. The van der Waals surface area contributed by atoms with Crippen LogP contribution < -0.4 is 5.32 Å². The number of benzene rings is 2. The third kappa shape index (κ3) is 4.91. The van der Waals surface area contributed by atoms with Gasteiger partial charge in [-0.3, -0.25) is 4.79 Å². The molecular weight excluding hydrogens is 352 g/mol. The maximum atomic E-state index is 13.2. The number of rotatable bonds is 6. The van der Waals surface area contributed by atoms with E-state index in [0.717, 1.165) is 18.4 Å². The summed E-state index contributed by atoms with van der Waals surface area (Å²) < 4.78 is 5.33. The Morgan fingerprint density at radius 1 is 1.07 bits per heavy atom. The number of amides is 2. The molecule has 2 atom stereocenters. The van der Waals surface area contributed by atoms with Crippen molar-refractivity contribution < 1.29 is 14.3 Å². The zero-order chi connectivity index (χ0) is 19.9. The maximum absolute atomic E-state index is 13.2. The van der Waals surface area contributed by atoms with Gasteiger partial charge in [0, 0.05) is 13.1 Å². The topological polar surface area (TPSA) is 58.6 Å². The van der Waals surface area contributed by atoms with E-state index in [1.54, 1.807) is 0 Å². The van der Waals surface area contributed by atoms with Crippen molar-refractivity contribution in [3.05, 3.63) is 71.3 Å². The maximum Gasteiger partial charge on any atom is 0.408 e. The number of nitrogens with zero attached hydrogens (tertiary/aromatic N) is 1. The Kier molecular flexibility index (Phi) is 6.69. The van der Waals surface area contributed by atoms with E-state index in [0.29, 0.717) is 13.1 Å². The number of hydrogen-bond acceptors (Lipinski definition) is 3. The zero-order valence-corrected chi connectivity index (χ0v) is 16.6. The molecule has 1 aliphatic rings. The van der Waals surface area contributed by atoms with E-state index in [2.05, 4.69) is 17.4 Å². The Morgan fingerprint density at radius 2 is 1.75 bits per heavy atom. The second-order valence-electron chi connectivity index (χ2n) is 7.35. The van der Waals surface area contributed by atoms with Crippen molar-refractivity contribution in [3.8, 4) is 0 Å². The Morgan fingerprint density at radius 3 is 2.46 bits per heavy atom. The molecule has 0 spiro atoms. The quantitative estimate of drug-likeness (QED) is 0.826. The first-order chi connectivity index (χ1) is 13.6. The molecule has 2 amide bonds. The van der Waals surface area contributed by atoms with E-state index < -0.39 is 12.1 Å². The second-order valence-corrected chi connectivity index (χ2v) is 7.35. The summed E-state index contributed by atoms with van der Waals surface area (Å²) in [5, 5.41) is 2.81. The minimum absolute atomic E-state index is 0.0222. The molecule has 0 aromatic heterocycles. The van der Waals surface area contributed by atoms with Crippen molar-refractivity contribution in [1.82, 2.24) is 10.2 Å². The molecule has 2 unspecified atom stereocenters. The first-order valence-electron chi connectivity index (χ1n) is 9.91. The molecular formula is C23H28N2O3. The van der Waals surface area contributed by atoms with Gasteiger partial charge >= 0.3 is 6.09 Å². The van der Waals surface area contributed by atoms with Crippen LogP contribution >= 0.6 is 0 Å². The first-order valence-corrected chi connectivity index (χ1v) is 9.91. The highest BCUT2D eigenvalue weighted by Crippen LogP contribution is 2.21. The summed E-state index contributed by atoms with van der Waals surface area (Å²) in [6, 6.07) is 17.1. The average Bonchev–Trinajstić information content (AvgIpc) is 2.75. The zero-order valence-electron chi connectivity index (χ0n) is 16.6. The van der Waals surface area contributed by atoms with Crippen molar-refractivity contribution in [2.24, 2.45) is 5.92 Å². The summed E-state index contributed by atoms with van der Waals surface area (Å²) >= 11 is 0. The van der Waals surface area contributed by atoms with Crippen LogP contribution in [0.25, 0.3) is 0 Å². The number of alkyl carbamates (subject to hydrolysis) is 1. The Bertz CT molecular complexity index is 807. The van der Waals surface area contributed by atoms with Crippen molar-refractivity contribution in [3.63, 3.8) is 0 Å². The van der Waals surface area contributed by atoms with Gasteiger partial charge in [-0.15, -0.1) is 0 Å². The molecule has 0 aliphatic carbocycles. The Labute approximate surface area is 166 Å². The molecule has 28 heavy (non-hydrogen) atoms. The number of nitrogens with one attached hydrogen (secondary N) is 1. The molecule has 0 bridgehead atoms. The van der Waals surface area contributed by atoms with Gasteiger partial charge < -0.3 is 15.0 Å². The van der Waals surface area contributed by atoms with Gasteiger partial charge in [0.05, 0.1) is 0 Å². The lowest BCUT2D eigenvalue weighted by Gasteiger charge is -2.33. The van der Waals surface area contributed by atoms with E-state index in [4.69, 9.17) is 4.74 Å². The summed E-state index contributed by atoms with van der Waals surface area (Å²) in [7, 11) is 0. The van der Waals surface area contributed by atoms with Gasteiger partial charge in [0.25, 0.3) is 0 Å². The van der Waals surface area contributed by atoms with Crippen LogP contribution in [-0.4, -0.2) is 29.5 Å². The van der Waals surface area contributed by atoms with Gasteiger partial charge in [-0.05, 0) is 29.0 Å². The van der Waals surface area contributed by atoms with Crippen LogP contribution in [0.3, 0.4) is 0 Å². The Balaban J connectivity index is 1.63. The predicted octanol–water partition coefficient (Wildman–Crippen LogP) is 3.91. The minimum atomic E-state index is -0.585. The van der Waals surface area contributed by atoms with Crippen LogP contribution in [0.5, 0.6) is 0 Å². The molecule has 5 heteroatoms. The lowest BCUT2D eigenvalue weighted by molar-refractivity contribution is -0.135. The number of carbonyl (C=O) groups excluding carboxylic acids is 2. The van der Waals surface area contributed by atoms with Crippen LogP contribution in [0.15, 0.2) is 54.6 Å². The molecule has 0 saturated carbocycles. The molecule has 5 nitrogen and oxygen atoms in total. The summed E-state index contributed by atoms with van der Waals surface area (Å²) in [5.41, 5.74) is 3.38. The number of fused-ring (bicyclic) bond motifs is 1. The van der Waals surface area contributed by atoms with Crippen molar-refractivity contribution in [2.45, 2.75) is 45.9 Å². The SMILES string of the molecule is CCC(C)C(NC(=O)OCc1ccccc1)C(=O)N1CCc2ccccc2C1. The molecule has 0 saturated heterocycles. The van der Waals surface area contributed by atoms with Crippen LogP contribution in [-0.2, 0) is 29.1 Å². The lowest BCUT2D eigenvalue weighted by atomic mass is 9.95. The molecule has 0 fully saturated rings. The average molecular weight is 380 g/mol. The molecule has 3 rings (SSSR count). The summed E-state index contributed by atoms with van der Waals surface area (Å²) in [6.45, 7) is 5.45. The highest BCUT2D eigenvalue weighted by Gasteiger charge is 2.32. The molecule has 1 heterocycles. The number of ether oxygens (including phenoxy) is 1. The van der Waals surface area contributed by atoms with Crippen LogP contribution in [0.1, 0.15) is 37.0 Å². The molecule has 1 aliphatic heterocycles. The van der Waals surface area contributed by atoms with E-state index >= 15 is 0 Å². The van der Waals surface area contributed by atoms with Crippen molar-refractivity contribution in [1.29, 1.82) is 0 Å². The fourth-order valence-corrected chi connectivity index (χ4v) is 3.46. The molecule has 148 valence electrons. The van der Waals surface area contributed by atoms with E-state index in [1.165, 1.54) is 11.1 Å². The standard InChI is InChI=1S/C23H28N2O3/c1-3-17(2)21(24-23(27)28-16-18-9-5-4-6-10-18)22(26)25-14-13-19-11-7-8-12-20(19)15-25/h4-12,17,21H,3,13-16H2,1-2H3,(H,24,27). The fraction of sp³-hybridized carbons (Fsp3) is 0.391. The predicted molar refractivity (Wildman–Crippen MR) is 109 cm³/mol. The largest absolute Gasteiger partial charge is 0.445 e. The normalized spacial score (nSPS) is 15.3. The monoisotopic (exact) mass is 380 g/mol. The van der Waals surface area contributed by atoms with Crippen LogP contribution in [0, 0.1) is 5.92 Å². The molecule has 1 N–H and O–H groups in total. The number of hydrogen-bond donors (Lipinski definition) is 1.